The van der Waals surface area contributed by atoms with Crippen molar-refractivity contribution >= 4 is 31.9 Å². The largest absolute Gasteiger partial charge is 0.336 e. The number of hydrogen-bond donors (Lipinski definition) is 0. The molecule has 5 nitrogen and oxygen atoms in total. The topological polar surface area (TPSA) is 57.7 Å². The van der Waals surface area contributed by atoms with Gasteiger partial charge in [-0.1, -0.05) is 22.0 Å². The van der Waals surface area contributed by atoms with Gasteiger partial charge in [-0.3, -0.25) is 4.79 Å². The molecule has 0 unspecified atom stereocenters. The molecule has 1 aliphatic heterocycles. The molecule has 1 amide bonds. The Morgan fingerprint density at radius 3 is 2.38 bits per heavy atom. The lowest BCUT2D eigenvalue weighted by Gasteiger charge is -2.34. The second-order valence-corrected chi connectivity index (χ2v) is 8.57. The lowest BCUT2D eigenvalue weighted by atomic mass is 10.2. The Hall–Kier alpha value is -0.920. The molecule has 0 atom stereocenters. The first-order chi connectivity index (χ1) is 9.98. The summed E-state index contributed by atoms with van der Waals surface area (Å²) in [6.45, 7) is 1.71. The molecule has 2 aliphatic rings. The van der Waals surface area contributed by atoms with E-state index in [9.17, 15) is 13.2 Å². The molecule has 0 radical (unpaired) electrons. The summed E-state index contributed by atoms with van der Waals surface area (Å²) in [4.78, 5) is 14.1. The Labute approximate surface area is 133 Å². The minimum absolute atomic E-state index is 0.0419. The van der Waals surface area contributed by atoms with E-state index in [0.29, 0.717) is 31.7 Å². The molecular formula is C14H17BrN2O3S. The van der Waals surface area contributed by atoms with Crippen molar-refractivity contribution in [2.75, 3.05) is 26.2 Å². The number of benzene rings is 1. The maximum absolute atomic E-state index is 12.4. The van der Waals surface area contributed by atoms with Gasteiger partial charge in [0.05, 0.1) is 5.25 Å². The van der Waals surface area contributed by atoms with Crippen LogP contribution in [0.25, 0.3) is 0 Å². The van der Waals surface area contributed by atoms with Crippen LogP contribution in [0.1, 0.15) is 23.2 Å². The van der Waals surface area contributed by atoms with E-state index in [-0.39, 0.29) is 11.2 Å². The summed E-state index contributed by atoms with van der Waals surface area (Å²) >= 11 is 3.35. The predicted octanol–water partition coefficient (Wildman–Crippen LogP) is 1.70. The van der Waals surface area contributed by atoms with E-state index in [2.05, 4.69) is 15.9 Å². The minimum Gasteiger partial charge on any atom is -0.336 e. The Bertz CT molecular complexity index is 650. The van der Waals surface area contributed by atoms with Crippen molar-refractivity contribution in [2.24, 2.45) is 0 Å². The highest BCUT2D eigenvalue weighted by Crippen LogP contribution is 2.31. The van der Waals surface area contributed by atoms with Gasteiger partial charge in [0.1, 0.15) is 0 Å². The normalized spacial score (nSPS) is 20.5. The highest BCUT2D eigenvalue weighted by Gasteiger charge is 2.41. The fourth-order valence-electron chi connectivity index (χ4n) is 2.53. The lowest BCUT2D eigenvalue weighted by Crippen LogP contribution is -2.51. The van der Waals surface area contributed by atoms with E-state index in [0.717, 1.165) is 17.3 Å². The Morgan fingerprint density at radius 1 is 1.14 bits per heavy atom. The number of sulfonamides is 1. The molecule has 0 aromatic heterocycles. The van der Waals surface area contributed by atoms with Crippen molar-refractivity contribution in [1.82, 2.24) is 9.21 Å². The first-order valence-corrected chi connectivity index (χ1v) is 9.32. The molecule has 1 aliphatic carbocycles. The molecule has 0 bridgehead atoms. The number of hydrogen-bond acceptors (Lipinski definition) is 3. The van der Waals surface area contributed by atoms with Crippen LogP contribution in [0.2, 0.25) is 0 Å². The van der Waals surface area contributed by atoms with Crippen molar-refractivity contribution in [3.05, 3.63) is 34.3 Å². The van der Waals surface area contributed by atoms with Crippen molar-refractivity contribution in [3.63, 3.8) is 0 Å². The average Bonchev–Trinajstić information content (AvgIpc) is 3.32. The van der Waals surface area contributed by atoms with Crippen molar-refractivity contribution in [1.29, 1.82) is 0 Å². The quantitative estimate of drug-likeness (QED) is 0.811. The van der Waals surface area contributed by atoms with Gasteiger partial charge < -0.3 is 4.90 Å². The summed E-state index contributed by atoms with van der Waals surface area (Å²) in [7, 11) is -3.12. The molecule has 1 saturated carbocycles. The van der Waals surface area contributed by atoms with E-state index in [4.69, 9.17) is 0 Å². The molecule has 2 fully saturated rings. The van der Waals surface area contributed by atoms with Gasteiger partial charge in [0, 0.05) is 36.2 Å². The van der Waals surface area contributed by atoms with Crippen LogP contribution in [0, 0.1) is 0 Å². The molecule has 0 N–H and O–H groups in total. The van der Waals surface area contributed by atoms with Crippen LogP contribution in [0.4, 0.5) is 0 Å². The van der Waals surface area contributed by atoms with Gasteiger partial charge in [-0.05, 0) is 31.0 Å². The molecule has 0 spiro atoms. The highest BCUT2D eigenvalue weighted by atomic mass is 79.9. The molecule has 3 rings (SSSR count). The Morgan fingerprint density at radius 2 is 1.81 bits per heavy atom. The monoisotopic (exact) mass is 372 g/mol. The van der Waals surface area contributed by atoms with Gasteiger partial charge >= 0.3 is 0 Å². The van der Waals surface area contributed by atoms with Crippen molar-refractivity contribution in [2.45, 2.75) is 18.1 Å². The number of piperazine rings is 1. The third kappa shape index (κ3) is 3.14. The summed E-state index contributed by atoms with van der Waals surface area (Å²) in [5.74, 6) is -0.0419. The van der Waals surface area contributed by atoms with Crippen LogP contribution in [0.15, 0.2) is 28.7 Å². The van der Waals surface area contributed by atoms with E-state index < -0.39 is 10.0 Å². The van der Waals surface area contributed by atoms with Gasteiger partial charge in [-0.15, -0.1) is 0 Å². The standard InChI is InChI=1S/C14H17BrN2O3S/c15-12-3-1-2-11(10-12)14(18)16-6-8-17(9-7-16)21(19,20)13-4-5-13/h1-3,10,13H,4-9H2. The van der Waals surface area contributed by atoms with E-state index >= 15 is 0 Å². The van der Waals surface area contributed by atoms with E-state index in [1.807, 2.05) is 12.1 Å². The fourth-order valence-corrected chi connectivity index (χ4v) is 4.75. The Balaban J connectivity index is 1.64. The second kappa shape index (κ2) is 5.70. The SMILES string of the molecule is O=C(c1cccc(Br)c1)N1CCN(S(=O)(=O)C2CC2)CC1. The van der Waals surface area contributed by atoms with Gasteiger partial charge in [-0.2, -0.15) is 4.31 Å². The van der Waals surface area contributed by atoms with Crippen LogP contribution in [0.5, 0.6) is 0 Å². The molecule has 114 valence electrons. The zero-order valence-corrected chi connectivity index (χ0v) is 13.9. The highest BCUT2D eigenvalue weighted by molar-refractivity contribution is 9.10. The molecular weight excluding hydrogens is 356 g/mol. The summed E-state index contributed by atoms with van der Waals surface area (Å²) in [5.41, 5.74) is 0.628. The van der Waals surface area contributed by atoms with Crippen LogP contribution in [-0.4, -0.2) is 55.0 Å². The van der Waals surface area contributed by atoms with Crippen LogP contribution < -0.4 is 0 Å². The number of rotatable bonds is 3. The van der Waals surface area contributed by atoms with Crippen LogP contribution in [-0.2, 0) is 10.0 Å². The molecule has 1 heterocycles. The van der Waals surface area contributed by atoms with Gasteiger partial charge in [0.25, 0.3) is 5.91 Å². The Kier molecular flexibility index (Phi) is 4.07. The summed E-state index contributed by atoms with van der Waals surface area (Å²) in [5, 5.41) is -0.176. The first kappa shape index (κ1) is 15.0. The van der Waals surface area contributed by atoms with Crippen LogP contribution in [0.3, 0.4) is 0 Å². The van der Waals surface area contributed by atoms with E-state index in [1.165, 1.54) is 4.31 Å². The van der Waals surface area contributed by atoms with Crippen molar-refractivity contribution < 1.29 is 13.2 Å². The molecule has 1 aromatic carbocycles. The van der Waals surface area contributed by atoms with Crippen molar-refractivity contribution in [3.8, 4) is 0 Å². The van der Waals surface area contributed by atoms with Gasteiger partial charge in [-0.25, -0.2) is 8.42 Å². The zero-order valence-electron chi connectivity index (χ0n) is 11.5. The zero-order chi connectivity index (χ0) is 15.0. The molecule has 1 saturated heterocycles. The number of nitrogens with zero attached hydrogens (tertiary/aromatic N) is 2. The van der Waals surface area contributed by atoms with E-state index in [1.54, 1.807) is 17.0 Å². The third-order valence-electron chi connectivity index (χ3n) is 3.90. The number of carbonyl (C=O) groups is 1. The minimum atomic E-state index is -3.12. The average molecular weight is 373 g/mol. The third-order valence-corrected chi connectivity index (χ3v) is 6.79. The second-order valence-electron chi connectivity index (χ2n) is 5.45. The fraction of sp³-hybridized carbons (Fsp3) is 0.500. The molecule has 21 heavy (non-hydrogen) atoms. The maximum Gasteiger partial charge on any atom is 0.253 e. The predicted molar refractivity (Wildman–Crippen MR) is 83.6 cm³/mol. The first-order valence-electron chi connectivity index (χ1n) is 7.02. The lowest BCUT2D eigenvalue weighted by molar-refractivity contribution is 0.0698. The van der Waals surface area contributed by atoms with Gasteiger partial charge in [0.15, 0.2) is 0 Å². The van der Waals surface area contributed by atoms with Gasteiger partial charge in [0.2, 0.25) is 10.0 Å². The number of carbonyl (C=O) groups excluding carboxylic acids is 1. The van der Waals surface area contributed by atoms with Crippen LogP contribution >= 0.6 is 15.9 Å². The molecule has 1 aromatic rings. The summed E-state index contributed by atoms with van der Waals surface area (Å²) in [6, 6.07) is 7.26. The number of amides is 1. The molecule has 7 heteroatoms. The maximum atomic E-state index is 12.4. The number of halogens is 1. The summed E-state index contributed by atoms with van der Waals surface area (Å²) in [6.07, 6.45) is 1.55. The summed E-state index contributed by atoms with van der Waals surface area (Å²) < 4.78 is 26.7. The smallest absolute Gasteiger partial charge is 0.253 e.